The van der Waals surface area contributed by atoms with Gasteiger partial charge in [-0.05, 0) is 19.1 Å². The summed E-state index contributed by atoms with van der Waals surface area (Å²) < 4.78 is 3.96. The van der Waals surface area contributed by atoms with Gasteiger partial charge in [0, 0.05) is 19.4 Å². The van der Waals surface area contributed by atoms with Crippen molar-refractivity contribution in [1.82, 2.24) is 19.9 Å². The summed E-state index contributed by atoms with van der Waals surface area (Å²) in [6, 6.07) is 8.00. The molecule has 2 aromatic heterocycles. The molecule has 1 amide bonds. The third-order valence-corrected chi connectivity index (χ3v) is 5.49. The van der Waals surface area contributed by atoms with Crippen molar-refractivity contribution >= 4 is 39.2 Å². The van der Waals surface area contributed by atoms with Crippen LogP contribution in [0.4, 0.5) is 0 Å². The van der Waals surface area contributed by atoms with Crippen LogP contribution in [0.3, 0.4) is 0 Å². The average Bonchev–Trinajstić information content (AvgIpc) is 3.10. The molecule has 0 saturated heterocycles. The number of thioether (sulfide) groups is 1. The van der Waals surface area contributed by atoms with Gasteiger partial charge in [0.05, 0.1) is 22.0 Å². The van der Waals surface area contributed by atoms with E-state index in [0.29, 0.717) is 6.54 Å². The lowest BCUT2D eigenvalue weighted by Gasteiger charge is -2.10. The smallest absolute Gasteiger partial charge is 0.233 e. The number of carbonyl (C=O) groups excluding carboxylic acids is 1. The highest BCUT2D eigenvalue weighted by Gasteiger charge is 2.17. The lowest BCUT2D eigenvalue weighted by molar-refractivity contribution is -0.120. The third kappa shape index (κ3) is 3.31. The Morgan fingerprint density at radius 1 is 1.45 bits per heavy atom. The fraction of sp³-hybridized carbons (Fsp3) is 0.267. The molecule has 0 spiro atoms. The third-order valence-electron chi connectivity index (χ3n) is 3.26. The number of carbonyl (C=O) groups is 1. The summed E-state index contributed by atoms with van der Waals surface area (Å²) in [6.45, 7) is 2.33. The molecule has 0 aliphatic heterocycles. The Bertz CT molecular complexity index is 763. The van der Waals surface area contributed by atoms with E-state index in [1.807, 2.05) is 49.0 Å². The highest BCUT2D eigenvalue weighted by molar-refractivity contribution is 8.02. The summed E-state index contributed by atoms with van der Waals surface area (Å²) in [7, 11) is 1.91. The van der Waals surface area contributed by atoms with Gasteiger partial charge in [-0.15, -0.1) is 11.3 Å². The Balaban J connectivity index is 1.59. The highest BCUT2D eigenvalue weighted by Crippen LogP contribution is 2.31. The van der Waals surface area contributed by atoms with E-state index in [9.17, 15) is 4.79 Å². The normalized spacial score (nSPS) is 12.5. The fourth-order valence-electron chi connectivity index (χ4n) is 1.98. The van der Waals surface area contributed by atoms with Gasteiger partial charge in [0.25, 0.3) is 0 Å². The van der Waals surface area contributed by atoms with Gasteiger partial charge in [-0.25, -0.2) is 9.97 Å². The molecule has 1 aromatic carbocycles. The first-order chi connectivity index (χ1) is 10.6. The number of thiazole rings is 1. The number of fused-ring (bicyclic) bond motifs is 1. The largest absolute Gasteiger partial charge is 0.348 e. The maximum absolute atomic E-state index is 12.2. The number of amides is 1. The van der Waals surface area contributed by atoms with Crippen LogP contribution in [0.2, 0.25) is 0 Å². The number of nitrogens with zero attached hydrogens (tertiary/aromatic N) is 3. The van der Waals surface area contributed by atoms with Crippen LogP contribution in [0.15, 0.2) is 41.0 Å². The lowest BCUT2D eigenvalue weighted by atomic mass is 10.3. The number of nitrogens with one attached hydrogen (secondary N) is 1. The predicted octanol–water partition coefficient (Wildman–Crippen LogP) is 2.83. The van der Waals surface area contributed by atoms with E-state index in [1.54, 1.807) is 17.5 Å². The quantitative estimate of drug-likeness (QED) is 0.730. The molecule has 3 aromatic rings. The number of aryl methyl sites for hydroxylation is 1. The van der Waals surface area contributed by atoms with Gasteiger partial charge in [-0.1, -0.05) is 23.9 Å². The van der Waals surface area contributed by atoms with Gasteiger partial charge in [0.2, 0.25) is 5.91 Å². The Morgan fingerprint density at radius 2 is 2.27 bits per heavy atom. The van der Waals surface area contributed by atoms with Crippen LogP contribution < -0.4 is 5.32 Å². The zero-order valence-corrected chi connectivity index (χ0v) is 13.9. The van der Waals surface area contributed by atoms with Crippen LogP contribution in [0.5, 0.6) is 0 Å². The summed E-state index contributed by atoms with van der Waals surface area (Å²) in [4.78, 5) is 20.9. The van der Waals surface area contributed by atoms with E-state index in [1.165, 1.54) is 11.8 Å². The van der Waals surface area contributed by atoms with Crippen LogP contribution in [0, 0.1) is 0 Å². The van der Waals surface area contributed by atoms with E-state index < -0.39 is 0 Å². The number of para-hydroxylation sites is 1. The van der Waals surface area contributed by atoms with Crippen molar-refractivity contribution in [2.75, 3.05) is 0 Å². The molecular weight excluding hydrogens is 316 g/mol. The second-order valence-electron chi connectivity index (χ2n) is 4.88. The van der Waals surface area contributed by atoms with Crippen molar-refractivity contribution in [3.63, 3.8) is 0 Å². The van der Waals surface area contributed by atoms with Crippen molar-refractivity contribution in [1.29, 1.82) is 0 Å². The van der Waals surface area contributed by atoms with E-state index in [-0.39, 0.29) is 11.2 Å². The van der Waals surface area contributed by atoms with E-state index in [4.69, 9.17) is 0 Å². The van der Waals surface area contributed by atoms with Crippen molar-refractivity contribution in [3.05, 3.63) is 42.5 Å². The van der Waals surface area contributed by atoms with Crippen LogP contribution >= 0.6 is 23.1 Å². The molecular formula is C15H16N4OS2. The summed E-state index contributed by atoms with van der Waals surface area (Å²) in [6.07, 6.45) is 3.58. The van der Waals surface area contributed by atoms with E-state index in [2.05, 4.69) is 15.3 Å². The maximum Gasteiger partial charge on any atom is 0.233 e. The minimum Gasteiger partial charge on any atom is -0.348 e. The minimum absolute atomic E-state index is 0.00717. The van der Waals surface area contributed by atoms with Crippen molar-refractivity contribution in [2.24, 2.45) is 7.05 Å². The number of hydrogen-bond acceptors (Lipinski definition) is 5. The molecule has 0 fully saturated rings. The number of benzene rings is 1. The molecule has 2 heterocycles. The van der Waals surface area contributed by atoms with E-state index in [0.717, 1.165) is 20.4 Å². The SMILES string of the molecule is CC(Sc1nc2ccccc2s1)C(=O)NCc1nccn1C. The maximum atomic E-state index is 12.2. The first-order valence-corrected chi connectivity index (χ1v) is 8.59. The van der Waals surface area contributed by atoms with Gasteiger partial charge in [0.1, 0.15) is 5.82 Å². The number of aromatic nitrogens is 3. The molecule has 0 aliphatic carbocycles. The number of hydrogen-bond donors (Lipinski definition) is 1. The Morgan fingerprint density at radius 3 is 3.00 bits per heavy atom. The second kappa shape index (κ2) is 6.50. The van der Waals surface area contributed by atoms with Crippen LogP contribution in [-0.4, -0.2) is 25.7 Å². The standard InChI is InChI=1S/C15H16N4OS2/c1-10(14(20)17-9-13-16-7-8-19(13)2)21-15-18-11-5-3-4-6-12(11)22-15/h3-8,10H,9H2,1-2H3,(H,17,20). The number of imidazole rings is 1. The first-order valence-electron chi connectivity index (χ1n) is 6.89. The van der Waals surface area contributed by atoms with Crippen molar-refractivity contribution in [3.8, 4) is 0 Å². The van der Waals surface area contributed by atoms with Crippen LogP contribution in [-0.2, 0) is 18.4 Å². The lowest BCUT2D eigenvalue weighted by Crippen LogP contribution is -2.31. The van der Waals surface area contributed by atoms with Crippen LogP contribution in [0.25, 0.3) is 10.2 Å². The molecule has 0 radical (unpaired) electrons. The fourth-order valence-corrected chi connectivity index (χ4v) is 4.22. The van der Waals surface area contributed by atoms with Crippen LogP contribution in [0.1, 0.15) is 12.7 Å². The van der Waals surface area contributed by atoms with Gasteiger partial charge in [0.15, 0.2) is 4.34 Å². The van der Waals surface area contributed by atoms with Gasteiger partial charge in [-0.3, -0.25) is 4.79 Å². The molecule has 0 bridgehead atoms. The highest BCUT2D eigenvalue weighted by atomic mass is 32.2. The molecule has 0 aliphatic rings. The first kappa shape index (κ1) is 15.1. The summed E-state index contributed by atoms with van der Waals surface area (Å²) in [5, 5.41) is 2.72. The molecule has 7 heteroatoms. The topological polar surface area (TPSA) is 59.8 Å². The van der Waals surface area contributed by atoms with Crippen molar-refractivity contribution < 1.29 is 4.79 Å². The second-order valence-corrected chi connectivity index (χ2v) is 7.50. The zero-order valence-electron chi connectivity index (χ0n) is 12.3. The monoisotopic (exact) mass is 332 g/mol. The van der Waals surface area contributed by atoms with Gasteiger partial charge < -0.3 is 9.88 Å². The molecule has 1 N–H and O–H groups in total. The summed E-state index contributed by atoms with van der Waals surface area (Å²) in [5.74, 6) is 0.831. The molecule has 1 unspecified atom stereocenters. The zero-order chi connectivity index (χ0) is 15.5. The predicted molar refractivity (Wildman–Crippen MR) is 90.0 cm³/mol. The van der Waals surface area contributed by atoms with Gasteiger partial charge >= 0.3 is 0 Å². The molecule has 114 valence electrons. The Kier molecular flexibility index (Phi) is 4.44. The summed E-state index contributed by atoms with van der Waals surface area (Å²) >= 11 is 3.10. The Labute approximate surface area is 136 Å². The minimum atomic E-state index is -0.194. The van der Waals surface area contributed by atoms with Crippen molar-refractivity contribution in [2.45, 2.75) is 23.1 Å². The average molecular weight is 332 g/mol. The molecule has 3 rings (SSSR count). The van der Waals surface area contributed by atoms with E-state index >= 15 is 0 Å². The molecule has 5 nitrogen and oxygen atoms in total. The summed E-state index contributed by atoms with van der Waals surface area (Å²) in [5.41, 5.74) is 0.982. The van der Waals surface area contributed by atoms with Gasteiger partial charge in [-0.2, -0.15) is 0 Å². The molecule has 22 heavy (non-hydrogen) atoms. The number of rotatable bonds is 5. The molecule has 0 saturated carbocycles. The molecule has 1 atom stereocenters. The Hall–Kier alpha value is -1.86.